The van der Waals surface area contributed by atoms with Crippen molar-refractivity contribution in [1.29, 1.82) is 0 Å². The van der Waals surface area contributed by atoms with Gasteiger partial charge in [-0.2, -0.15) is 0 Å². The van der Waals surface area contributed by atoms with Crippen LogP contribution in [0.25, 0.3) is 0 Å². The average molecular weight is 264 g/mol. The van der Waals surface area contributed by atoms with Gasteiger partial charge in [0, 0.05) is 19.1 Å². The first-order chi connectivity index (χ1) is 9.29. The quantitative estimate of drug-likeness (QED) is 0.820. The molecular formula is C17H32N2. The van der Waals surface area contributed by atoms with Crippen LogP contribution in [0, 0.1) is 17.8 Å². The molecular weight excluding hydrogens is 232 g/mol. The molecule has 2 aliphatic carbocycles. The maximum absolute atomic E-state index is 3.90. The smallest absolute Gasteiger partial charge is 0.0198 e. The van der Waals surface area contributed by atoms with Crippen molar-refractivity contribution in [3.63, 3.8) is 0 Å². The van der Waals surface area contributed by atoms with Crippen molar-refractivity contribution in [2.45, 2.75) is 63.8 Å². The van der Waals surface area contributed by atoms with Crippen LogP contribution in [0.2, 0.25) is 0 Å². The predicted octanol–water partition coefficient (Wildman–Crippen LogP) is 3.28. The van der Waals surface area contributed by atoms with Crippen LogP contribution in [0.5, 0.6) is 0 Å². The molecule has 2 atom stereocenters. The zero-order valence-electron chi connectivity index (χ0n) is 12.7. The zero-order valence-corrected chi connectivity index (χ0v) is 12.7. The highest BCUT2D eigenvalue weighted by atomic mass is 15.1. The highest BCUT2D eigenvalue weighted by molar-refractivity contribution is 4.86. The third kappa shape index (κ3) is 4.46. The minimum Gasteiger partial charge on any atom is -0.312 e. The first-order valence-corrected chi connectivity index (χ1v) is 8.71. The number of likely N-dealkylation sites (tertiary alicyclic amines) is 1. The van der Waals surface area contributed by atoms with Crippen molar-refractivity contribution >= 4 is 0 Å². The lowest BCUT2D eigenvalue weighted by atomic mass is 9.87. The van der Waals surface area contributed by atoms with E-state index in [1.54, 1.807) is 0 Å². The molecule has 1 aliphatic heterocycles. The molecule has 19 heavy (non-hydrogen) atoms. The summed E-state index contributed by atoms with van der Waals surface area (Å²) < 4.78 is 0. The van der Waals surface area contributed by atoms with Crippen LogP contribution >= 0.6 is 0 Å². The van der Waals surface area contributed by atoms with Crippen LogP contribution in [0.3, 0.4) is 0 Å². The second-order valence-electron chi connectivity index (χ2n) is 7.61. The van der Waals surface area contributed by atoms with Crippen molar-refractivity contribution in [2.24, 2.45) is 17.8 Å². The monoisotopic (exact) mass is 264 g/mol. The van der Waals surface area contributed by atoms with E-state index in [2.05, 4.69) is 17.3 Å². The van der Waals surface area contributed by atoms with Gasteiger partial charge in [-0.05, 0) is 57.0 Å². The second kappa shape index (κ2) is 6.58. The van der Waals surface area contributed by atoms with Gasteiger partial charge in [-0.3, -0.25) is 0 Å². The molecule has 0 aromatic rings. The van der Waals surface area contributed by atoms with Crippen molar-refractivity contribution < 1.29 is 0 Å². The molecule has 0 spiro atoms. The number of hydrogen-bond acceptors (Lipinski definition) is 2. The zero-order chi connectivity index (χ0) is 13.1. The Bertz CT molecular complexity index is 266. The van der Waals surface area contributed by atoms with E-state index in [9.17, 15) is 0 Å². The topological polar surface area (TPSA) is 15.3 Å². The Labute approximate surface area is 119 Å². The van der Waals surface area contributed by atoms with E-state index in [1.165, 1.54) is 77.4 Å². The normalized spacial score (nSPS) is 34.6. The van der Waals surface area contributed by atoms with Crippen molar-refractivity contribution in [1.82, 2.24) is 10.2 Å². The lowest BCUT2D eigenvalue weighted by Crippen LogP contribution is -2.48. The lowest BCUT2D eigenvalue weighted by Gasteiger charge is -2.37. The first kappa shape index (κ1) is 13.9. The van der Waals surface area contributed by atoms with Crippen LogP contribution in [-0.4, -0.2) is 37.6 Å². The molecule has 110 valence electrons. The standard InChI is InChI=1S/C17H32N2/c1-19-12-16(9-14-7-8-14)10-17(13-19)18-11-15-5-3-2-4-6-15/h14-18H,2-13H2,1H3. The molecule has 3 rings (SSSR count). The Morgan fingerprint density at radius 2 is 1.68 bits per heavy atom. The molecule has 2 saturated carbocycles. The summed E-state index contributed by atoms with van der Waals surface area (Å²) in [6.07, 6.45) is 13.3. The number of rotatable bonds is 5. The Hall–Kier alpha value is -0.0800. The van der Waals surface area contributed by atoms with Crippen LogP contribution in [0.1, 0.15) is 57.8 Å². The summed E-state index contributed by atoms with van der Waals surface area (Å²) >= 11 is 0. The summed E-state index contributed by atoms with van der Waals surface area (Å²) in [5.74, 6) is 3.04. The Morgan fingerprint density at radius 3 is 2.42 bits per heavy atom. The SMILES string of the molecule is CN1CC(CC2CC2)CC(NCC2CCCCC2)C1. The molecule has 3 aliphatic rings. The van der Waals surface area contributed by atoms with Gasteiger partial charge < -0.3 is 10.2 Å². The highest BCUT2D eigenvalue weighted by Crippen LogP contribution is 2.37. The summed E-state index contributed by atoms with van der Waals surface area (Å²) in [6, 6.07) is 0.768. The summed E-state index contributed by atoms with van der Waals surface area (Å²) in [5.41, 5.74) is 0. The van der Waals surface area contributed by atoms with Crippen LogP contribution < -0.4 is 5.32 Å². The molecule has 0 bridgehead atoms. The van der Waals surface area contributed by atoms with Crippen molar-refractivity contribution in [3.05, 3.63) is 0 Å². The van der Waals surface area contributed by atoms with Crippen LogP contribution in [0.15, 0.2) is 0 Å². The van der Waals surface area contributed by atoms with Gasteiger partial charge in [0.25, 0.3) is 0 Å². The number of hydrogen-bond donors (Lipinski definition) is 1. The van der Waals surface area contributed by atoms with Gasteiger partial charge in [0.1, 0.15) is 0 Å². The maximum Gasteiger partial charge on any atom is 0.0198 e. The molecule has 0 radical (unpaired) electrons. The number of likely N-dealkylation sites (N-methyl/N-ethyl adjacent to an activating group) is 1. The molecule has 1 heterocycles. The Morgan fingerprint density at radius 1 is 0.895 bits per heavy atom. The third-order valence-electron chi connectivity index (χ3n) is 5.50. The van der Waals surface area contributed by atoms with E-state index in [0.29, 0.717) is 0 Å². The maximum atomic E-state index is 3.90. The predicted molar refractivity (Wildman–Crippen MR) is 81.3 cm³/mol. The Balaban J connectivity index is 1.40. The van der Waals surface area contributed by atoms with Crippen LogP contribution in [0.4, 0.5) is 0 Å². The van der Waals surface area contributed by atoms with Gasteiger partial charge in [0.2, 0.25) is 0 Å². The van der Waals surface area contributed by atoms with Gasteiger partial charge in [-0.1, -0.05) is 32.1 Å². The molecule has 0 aromatic carbocycles. The van der Waals surface area contributed by atoms with E-state index >= 15 is 0 Å². The van der Waals surface area contributed by atoms with E-state index < -0.39 is 0 Å². The van der Waals surface area contributed by atoms with E-state index in [1.807, 2.05) is 0 Å². The Kier molecular flexibility index (Phi) is 4.81. The number of piperidine rings is 1. The van der Waals surface area contributed by atoms with Crippen molar-refractivity contribution in [2.75, 3.05) is 26.7 Å². The minimum absolute atomic E-state index is 0.768. The molecule has 1 N–H and O–H groups in total. The van der Waals surface area contributed by atoms with Gasteiger partial charge in [0.05, 0.1) is 0 Å². The molecule has 0 amide bonds. The fourth-order valence-corrected chi connectivity index (χ4v) is 4.31. The van der Waals surface area contributed by atoms with E-state index in [4.69, 9.17) is 0 Å². The number of nitrogens with one attached hydrogen (secondary N) is 1. The number of nitrogens with zero attached hydrogens (tertiary/aromatic N) is 1. The largest absolute Gasteiger partial charge is 0.312 e. The highest BCUT2D eigenvalue weighted by Gasteiger charge is 2.31. The first-order valence-electron chi connectivity index (χ1n) is 8.71. The summed E-state index contributed by atoms with van der Waals surface area (Å²) in [7, 11) is 2.31. The van der Waals surface area contributed by atoms with Gasteiger partial charge in [-0.15, -0.1) is 0 Å². The second-order valence-corrected chi connectivity index (χ2v) is 7.61. The van der Waals surface area contributed by atoms with E-state index in [-0.39, 0.29) is 0 Å². The van der Waals surface area contributed by atoms with Crippen LogP contribution in [-0.2, 0) is 0 Å². The molecule has 1 saturated heterocycles. The van der Waals surface area contributed by atoms with Gasteiger partial charge in [0.15, 0.2) is 0 Å². The molecule has 2 heteroatoms. The van der Waals surface area contributed by atoms with E-state index in [0.717, 1.165) is 23.8 Å². The lowest BCUT2D eigenvalue weighted by molar-refractivity contribution is 0.154. The average Bonchev–Trinajstić information content (AvgIpc) is 3.21. The molecule has 2 unspecified atom stereocenters. The van der Waals surface area contributed by atoms with Crippen molar-refractivity contribution in [3.8, 4) is 0 Å². The third-order valence-corrected chi connectivity index (χ3v) is 5.50. The van der Waals surface area contributed by atoms with Gasteiger partial charge in [-0.25, -0.2) is 0 Å². The molecule has 0 aromatic heterocycles. The fraction of sp³-hybridized carbons (Fsp3) is 1.00. The molecule has 2 nitrogen and oxygen atoms in total. The summed E-state index contributed by atoms with van der Waals surface area (Å²) in [6.45, 7) is 3.90. The molecule has 3 fully saturated rings. The minimum atomic E-state index is 0.768. The fourth-order valence-electron chi connectivity index (χ4n) is 4.31. The van der Waals surface area contributed by atoms with Gasteiger partial charge >= 0.3 is 0 Å². The summed E-state index contributed by atoms with van der Waals surface area (Å²) in [5, 5.41) is 3.90. The summed E-state index contributed by atoms with van der Waals surface area (Å²) in [4.78, 5) is 2.56.